The summed E-state index contributed by atoms with van der Waals surface area (Å²) in [5.74, 6) is -0.941. The lowest BCUT2D eigenvalue weighted by atomic mass is 9.86. The van der Waals surface area contributed by atoms with Crippen molar-refractivity contribution in [3.8, 4) is 0 Å². The van der Waals surface area contributed by atoms with E-state index in [2.05, 4.69) is 4.90 Å². The van der Waals surface area contributed by atoms with Crippen LogP contribution in [0.5, 0.6) is 0 Å². The molecule has 1 heterocycles. The van der Waals surface area contributed by atoms with Gasteiger partial charge < -0.3 is 10.8 Å². The number of likely N-dealkylation sites (tertiary alicyclic amines) is 1. The minimum atomic E-state index is -0.690. The number of nitrogens with two attached hydrogens (primary N) is 1. The molecule has 2 atom stereocenters. The Balaban J connectivity index is 1.94. The smallest absolute Gasteiger partial charge is 0.307 e. The van der Waals surface area contributed by atoms with Crippen molar-refractivity contribution in [3.05, 3.63) is 0 Å². The van der Waals surface area contributed by atoms with E-state index in [-0.39, 0.29) is 12.0 Å². The van der Waals surface area contributed by atoms with Gasteiger partial charge in [-0.1, -0.05) is 6.42 Å². The lowest BCUT2D eigenvalue weighted by molar-refractivity contribution is -0.144. The van der Waals surface area contributed by atoms with Crippen molar-refractivity contribution in [3.63, 3.8) is 0 Å². The molecule has 0 bridgehead atoms. The summed E-state index contributed by atoms with van der Waals surface area (Å²) in [4.78, 5) is 13.2. The van der Waals surface area contributed by atoms with Crippen LogP contribution in [-0.4, -0.2) is 41.1 Å². The van der Waals surface area contributed by atoms with Crippen molar-refractivity contribution in [2.45, 2.75) is 37.8 Å². The zero-order valence-electron chi connectivity index (χ0n) is 8.35. The van der Waals surface area contributed by atoms with E-state index in [1.165, 1.54) is 19.3 Å². The quantitative estimate of drug-likeness (QED) is 0.668. The molecule has 0 aromatic heterocycles. The standard InChI is InChI=1S/C10H18N2O2/c11-8-4-7(10(13)14)5-12(6-8)9-2-1-3-9/h7-9H,1-6,11H2,(H,13,14). The molecule has 1 saturated heterocycles. The van der Waals surface area contributed by atoms with Gasteiger partial charge in [0.2, 0.25) is 0 Å². The molecule has 2 unspecified atom stereocenters. The maximum Gasteiger partial charge on any atom is 0.307 e. The van der Waals surface area contributed by atoms with Gasteiger partial charge in [0.05, 0.1) is 5.92 Å². The molecule has 14 heavy (non-hydrogen) atoms. The van der Waals surface area contributed by atoms with E-state index in [4.69, 9.17) is 10.8 Å². The number of carboxylic acids is 1. The molecular weight excluding hydrogens is 180 g/mol. The van der Waals surface area contributed by atoms with Crippen molar-refractivity contribution in [2.24, 2.45) is 11.7 Å². The van der Waals surface area contributed by atoms with Crippen LogP contribution in [-0.2, 0) is 4.79 Å². The summed E-state index contributed by atoms with van der Waals surface area (Å²) in [6.45, 7) is 1.59. The molecule has 2 fully saturated rings. The van der Waals surface area contributed by atoms with Crippen LogP contribution in [0.15, 0.2) is 0 Å². The number of hydrogen-bond acceptors (Lipinski definition) is 3. The normalized spacial score (nSPS) is 35.2. The fourth-order valence-corrected chi connectivity index (χ4v) is 2.40. The number of nitrogens with zero attached hydrogens (tertiary/aromatic N) is 1. The van der Waals surface area contributed by atoms with Crippen LogP contribution < -0.4 is 5.73 Å². The minimum Gasteiger partial charge on any atom is -0.481 e. The van der Waals surface area contributed by atoms with Crippen molar-refractivity contribution in [2.75, 3.05) is 13.1 Å². The molecule has 4 heteroatoms. The first-order chi connectivity index (χ1) is 6.66. The first kappa shape index (κ1) is 9.93. The van der Waals surface area contributed by atoms with Crippen molar-refractivity contribution in [1.82, 2.24) is 4.90 Å². The third-order valence-electron chi connectivity index (χ3n) is 3.45. The van der Waals surface area contributed by atoms with Gasteiger partial charge in [-0.3, -0.25) is 9.69 Å². The third-order valence-corrected chi connectivity index (χ3v) is 3.45. The van der Waals surface area contributed by atoms with Crippen LogP contribution in [0.25, 0.3) is 0 Å². The van der Waals surface area contributed by atoms with Crippen LogP contribution in [0, 0.1) is 5.92 Å². The molecule has 1 saturated carbocycles. The molecule has 3 N–H and O–H groups in total. The number of aliphatic carboxylic acids is 1. The van der Waals surface area contributed by atoms with Gasteiger partial charge in [0.15, 0.2) is 0 Å². The first-order valence-corrected chi connectivity index (χ1v) is 5.39. The molecule has 80 valence electrons. The average molecular weight is 198 g/mol. The Morgan fingerprint density at radius 1 is 1.36 bits per heavy atom. The molecule has 0 spiro atoms. The van der Waals surface area contributed by atoms with E-state index in [9.17, 15) is 4.79 Å². The van der Waals surface area contributed by atoms with Crippen molar-refractivity contribution >= 4 is 5.97 Å². The molecule has 2 rings (SSSR count). The van der Waals surface area contributed by atoms with Gasteiger partial charge >= 0.3 is 5.97 Å². The number of rotatable bonds is 2. The Labute approximate surface area is 84.1 Å². The van der Waals surface area contributed by atoms with Crippen LogP contribution >= 0.6 is 0 Å². The first-order valence-electron chi connectivity index (χ1n) is 5.39. The lowest BCUT2D eigenvalue weighted by Crippen LogP contribution is -2.54. The number of piperidine rings is 1. The summed E-state index contributed by atoms with van der Waals surface area (Å²) in [6, 6.07) is 0.661. The Kier molecular flexibility index (Phi) is 2.74. The highest BCUT2D eigenvalue weighted by atomic mass is 16.4. The van der Waals surface area contributed by atoms with Crippen LogP contribution in [0.1, 0.15) is 25.7 Å². The van der Waals surface area contributed by atoms with E-state index >= 15 is 0 Å². The maximum absolute atomic E-state index is 10.9. The summed E-state index contributed by atoms with van der Waals surface area (Å²) in [7, 11) is 0. The van der Waals surface area contributed by atoms with Crippen LogP contribution in [0.3, 0.4) is 0 Å². The van der Waals surface area contributed by atoms with Gasteiger partial charge in [-0.25, -0.2) is 0 Å². The van der Waals surface area contributed by atoms with E-state index < -0.39 is 5.97 Å². The lowest BCUT2D eigenvalue weighted by Gasteiger charge is -2.43. The molecule has 0 aromatic carbocycles. The van der Waals surface area contributed by atoms with E-state index in [1.807, 2.05) is 0 Å². The van der Waals surface area contributed by atoms with Gasteiger partial charge in [0.25, 0.3) is 0 Å². The fraction of sp³-hybridized carbons (Fsp3) is 0.900. The SMILES string of the molecule is NC1CC(C(=O)O)CN(C2CCC2)C1. The van der Waals surface area contributed by atoms with Gasteiger partial charge in [0, 0.05) is 25.2 Å². The zero-order chi connectivity index (χ0) is 10.1. The maximum atomic E-state index is 10.9. The highest BCUT2D eigenvalue weighted by Crippen LogP contribution is 2.28. The summed E-state index contributed by atoms with van der Waals surface area (Å²) >= 11 is 0. The minimum absolute atomic E-state index is 0.0467. The molecule has 0 aromatic rings. The van der Waals surface area contributed by atoms with Gasteiger partial charge in [-0.05, 0) is 19.3 Å². The van der Waals surface area contributed by atoms with Crippen LogP contribution in [0.2, 0.25) is 0 Å². The Bertz CT molecular complexity index is 228. The average Bonchev–Trinajstić information content (AvgIpc) is 1.99. The fourth-order valence-electron chi connectivity index (χ4n) is 2.40. The summed E-state index contributed by atoms with van der Waals surface area (Å²) < 4.78 is 0. The summed E-state index contributed by atoms with van der Waals surface area (Å²) in [6.07, 6.45) is 4.37. The zero-order valence-corrected chi connectivity index (χ0v) is 8.35. The highest BCUT2D eigenvalue weighted by Gasteiger charge is 2.35. The molecule has 0 amide bonds. The Morgan fingerprint density at radius 2 is 2.07 bits per heavy atom. The number of carboxylic acid groups (broad SMARTS) is 1. The number of carbonyl (C=O) groups is 1. The monoisotopic (exact) mass is 198 g/mol. The highest BCUT2D eigenvalue weighted by molar-refractivity contribution is 5.70. The Hall–Kier alpha value is -0.610. The Morgan fingerprint density at radius 3 is 2.57 bits per heavy atom. The predicted molar refractivity (Wildman–Crippen MR) is 52.9 cm³/mol. The second-order valence-electron chi connectivity index (χ2n) is 4.57. The molecule has 4 nitrogen and oxygen atoms in total. The van der Waals surface area contributed by atoms with E-state index in [0.29, 0.717) is 19.0 Å². The van der Waals surface area contributed by atoms with Gasteiger partial charge in [-0.15, -0.1) is 0 Å². The second-order valence-corrected chi connectivity index (χ2v) is 4.57. The van der Waals surface area contributed by atoms with Crippen molar-refractivity contribution < 1.29 is 9.90 Å². The van der Waals surface area contributed by atoms with Gasteiger partial charge in [0.1, 0.15) is 0 Å². The van der Waals surface area contributed by atoms with Gasteiger partial charge in [-0.2, -0.15) is 0 Å². The topological polar surface area (TPSA) is 66.6 Å². The second kappa shape index (κ2) is 3.87. The predicted octanol–water partition coefficient (Wildman–Crippen LogP) is 0.273. The molecule has 0 radical (unpaired) electrons. The largest absolute Gasteiger partial charge is 0.481 e. The molecular formula is C10H18N2O2. The summed E-state index contributed by atoms with van der Waals surface area (Å²) in [5.41, 5.74) is 5.86. The third kappa shape index (κ3) is 1.91. The van der Waals surface area contributed by atoms with Crippen LogP contribution in [0.4, 0.5) is 0 Å². The molecule has 1 aliphatic heterocycles. The van der Waals surface area contributed by atoms with Crippen molar-refractivity contribution in [1.29, 1.82) is 0 Å². The molecule has 2 aliphatic rings. The van der Waals surface area contributed by atoms with E-state index in [0.717, 1.165) is 6.54 Å². The number of hydrogen-bond donors (Lipinski definition) is 2. The molecule has 1 aliphatic carbocycles. The van der Waals surface area contributed by atoms with E-state index in [1.54, 1.807) is 0 Å². The summed E-state index contributed by atoms with van der Waals surface area (Å²) in [5, 5.41) is 8.96.